The summed E-state index contributed by atoms with van der Waals surface area (Å²) in [5, 5.41) is 3.79. The first-order valence-electron chi connectivity index (χ1n) is 8.69. The maximum atomic E-state index is 4.57. The van der Waals surface area contributed by atoms with Crippen LogP contribution < -0.4 is 10.2 Å². The van der Waals surface area contributed by atoms with Gasteiger partial charge in [0.25, 0.3) is 0 Å². The summed E-state index contributed by atoms with van der Waals surface area (Å²) in [4.78, 5) is 9.03. The first-order chi connectivity index (χ1) is 11.6. The molecule has 0 spiro atoms. The van der Waals surface area contributed by atoms with Crippen molar-refractivity contribution in [3.05, 3.63) is 65.6 Å². The van der Waals surface area contributed by atoms with Crippen LogP contribution in [0.1, 0.15) is 38.7 Å². The van der Waals surface area contributed by atoms with E-state index in [9.17, 15) is 0 Å². The van der Waals surface area contributed by atoms with Crippen LogP contribution in [0.3, 0.4) is 0 Å². The van der Waals surface area contributed by atoms with Crippen LogP contribution >= 0.6 is 0 Å². The van der Waals surface area contributed by atoms with E-state index in [1.165, 1.54) is 16.9 Å². The number of aryl methyl sites for hydroxylation is 1. The largest absolute Gasteiger partial charge is 0.365 e. The van der Waals surface area contributed by atoms with Gasteiger partial charge in [0.1, 0.15) is 5.82 Å². The number of anilines is 1. The molecule has 0 amide bonds. The minimum atomic E-state index is 0.134. The molecule has 4 rings (SSSR count). The van der Waals surface area contributed by atoms with Crippen molar-refractivity contribution in [1.29, 1.82) is 0 Å². The number of aliphatic imine (C=N–C) groups is 1. The molecule has 1 N–H and O–H groups in total. The van der Waals surface area contributed by atoms with Crippen molar-refractivity contribution in [2.75, 3.05) is 4.90 Å². The summed E-state index contributed by atoms with van der Waals surface area (Å²) in [6.07, 6.45) is 11.4. The Morgan fingerprint density at radius 1 is 1.21 bits per heavy atom. The quantitative estimate of drug-likeness (QED) is 0.884. The predicted molar refractivity (Wildman–Crippen MR) is 99.3 cm³/mol. The van der Waals surface area contributed by atoms with Crippen molar-refractivity contribution in [1.82, 2.24) is 10.2 Å². The van der Waals surface area contributed by atoms with Gasteiger partial charge in [-0.25, -0.2) is 4.99 Å². The Morgan fingerprint density at radius 3 is 2.75 bits per heavy atom. The van der Waals surface area contributed by atoms with Gasteiger partial charge in [-0.15, -0.1) is 0 Å². The third-order valence-corrected chi connectivity index (χ3v) is 5.25. The maximum Gasteiger partial charge on any atom is 0.155 e. The second kappa shape index (κ2) is 5.55. The van der Waals surface area contributed by atoms with Crippen molar-refractivity contribution < 1.29 is 0 Å². The Balaban J connectivity index is 1.80. The monoisotopic (exact) mass is 320 g/mol. The average Bonchev–Trinajstić information content (AvgIpc) is 2.62. The summed E-state index contributed by atoms with van der Waals surface area (Å²) in [5.74, 6) is 2.11. The van der Waals surface area contributed by atoms with Crippen molar-refractivity contribution in [2.45, 2.75) is 45.6 Å². The van der Waals surface area contributed by atoms with Gasteiger partial charge < -0.3 is 10.2 Å². The highest BCUT2D eigenvalue weighted by atomic mass is 15.4. The van der Waals surface area contributed by atoms with E-state index in [0.717, 1.165) is 30.9 Å². The zero-order valence-corrected chi connectivity index (χ0v) is 14.6. The van der Waals surface area contributed by atoms with Crippen molar-refractivity contribution in [3.63, 3.8) is 0 Å². The topological polar surface area (TPSA) is 30.9 Å². The molecule has 3 aliphatic rings. The second-order valence-corrected chi connectivity index (χ2v) is 7.02. The van der Waals surface area contributed by atoms with Crippen LogP contribution in [-0.4, -0.2) is 16.7 Å². The van der Waals surface area contributed by atoms with Gasteiger partial charge in [-0.1, -0.05) is 24.6 Å². The summed E-state index contributed by atoms with van der Waals surface area (Å²) in [5.41, 5.74) is 3.91. The highest BCUT2D eigenvalue weighted by Crippen LogP contribution is 2.39. The van der Waals surface area contributed by atoms with Gasteiger partial charge in [-0.2, -0.15) is 0 Å². The van der Waals surface area contributed by atoms with Crippen molar-refractivity contribution in [3.8, 4) is 0 Å². The van der Waals surface area contributed by atoms with Crippen LogP contribution in [0.2, 0.25) is 0 Å². The number of allylic oxidation sites excluding steroid dienone is 2. The van der Waals surface area contributed by atoms with E-state index in [1.54, 1.807) is 0 Å². The van der Waals surface area contributed by atoms with Crippen LogP contribution in [0.25, 0.3) is 0 Å². The Kier molecular flexibility index (Phi) is 3.48. The fraction of sp³-hybridized carbons (Fsp3) is 0.350. The van der Waals surface area contributed by atoms with E-state index in [4.69, 9.17) is 0 Å². The standard InChI is InChI=1S/C20H24N4/c1-4-20(3)11-10-17-19(22-20)23-13-5-12-21-18(23)14-24(17)16-8-6-15(2)7-9-16/h5-9,12-14,22H,4,10-11H2,1-3H3. The van der Waals surface area contributed by atoms with Gasteiger partial charge in [-0.05, 0) is 51.3 Å². The fourth-order valence-corrected chi connectivity index (χ4v) is 3.43. The molecule has 0 radical (unpaired) electrons. The first kappa shape index (κ1) is 15.1. The molecule has 0 fully saturated rings. The predicted octanol–water partition coefficient (Wildman–Crippen LogP) is 4.24. The lowest BCUT2D eigenvalue weighted by Gasteiger charge is -2.46. The SMILES string of the molecule is CCC1(C)CCC2=C(N1)N1C=CC=NC1=CN2c1ccc(C)cc1. The second-order valence-electron chi connectivity index (χ2n) is 7.02. The average molecular weight is 320 g/mol. The Hall–Kier alpha value is -2.49. The van der Waals surface area contributed by atoms with E-state index in [2.05, 4.69) is 77.5 Å². The molecular weight excluding hydrogens is 296 g/mol. The first-order valence-corrected chi connectivity index (χ1v) is 8.69. The molecule has 0 aromatic heterocycles. The van der Waals surface area contributed by atoms with Crippen LogP contribution in [0.15, 0.2) is 65.1 Å². The summed E-state index contributed by atoms with van der Waals surface area (Å²) in [6.45, 7) is 6.68. The smallest absolute Gasteiger partial charge is 0.155 e. The number of rotatable bonds is 2. The summed E-state index contributed by atoms with van der Waals surface area (Å²) in [6, 6.07) is 8.69. The van der Waals surface area contributed by atoms with Crippen LogP contribution in [0, 0.1) is 6.92 Å². The molecule has 3 aliphatic heterocycles. The fourth-order valence-electron chi connectivity index (χ4n) is 3.43. The molecule has 1 atom stereocenters. The molecule has 1 unspecified atom stereocenters. The molecule has 124 valence electrons. The lowest BCUT2D eigenvalue weighted by atomic mass is 9.88. The third kappa shape index (κ3) is 2.42. The number of hydrogen-bond donors (Lipinski definition) is 1. The minimum absolute atomic E-state index is 0.134. The summed E-state index contributed by atoms with van der Waals surface area (Å²) in [7, 11) is 0. The summed E-state index contributed by atoms with van der Waals surface area (Å²) < 4.78 is 0. The molecule has 24 heavy (non-hydrogen) atoms. The number of nitrogens with one attached hydrogen (secondary N) is 1. The van der Waals surface area contributed by atoms with Crippen LogP contribution in [-0.2, 0) is 0 Å². The van der Waals surface area contributed by atoms with Crippen LogP contribution in [0.4, 0.5) is 5.69 Å². The molecular formula is C20H24N4. The lowest BCUT2D eigenvalue weighted by Crippen LogP contribution is -2.51. The minimum Gasteiger partial charge on any atom is -0.365 e. The third-order valence-electron chi connectivity index (χ3n) is 5.25. The number of fused-ring (bicyclic) bond motifs is 2. The Morgan fingerprint density at radius 2 is 2.00 bits per heavy atom. The van der Waals surface area contributed by atoms with Crippen molar-refractivity contribution >= 4 is 11.9 Å². The van der Waals surface area contributed by atoms with Gasteiger partial charge >= 0.3 is 0 Å². The summed E-state index contributed by atoms with van der Waals surface area (Å²) >= 11 is 0. The van der Waals surface area contributed by atoms with E-state index in [-0.39, 0.29) is 5.54 Å². The van der Waals surface area contributed by atoms with Gasteiger partial charge in [-0.3, -0.25) is 4.90 Å². The molecule has 0 saturated heterocycles. The number of benzene rings is 1. The number of nitrogens with zero attached hydrogens (tertiary/aromatic N) is 3. The van der Waals surface area contributed by atoms with E-state index in [0.29, 0.717) is 0 Å². The van der Waals surface area contributed by atoms with E-state index >= 15 is 0 Å². The zero-order chi connectivity index (χ0) is 16.7. The molecule has 4 heteroatoms. The highest BCUT2D eigenvalue weighted by molar-refractivity contribution is 5.74. The molecule has 0 saturated carbocycles. The molecule has 0 bridgehead atoms. The molecule has 1 aromatic rings. The zero-order valence-electron chi connectivity index (χ0n) is 14.6. The van der Waals surface area contributed by atoms with Crippen LogP contribution in [0.5, 0.6) is 0 Å². The number of hydrogen-bond acceptors (Lipinski definition) is 4. The molecule has 4 nitrogen and oxygen atoms in total. The van der Waals surface area contributed by atoms with E-state index < -0.39 is 0 Å². The molecule has 3 heterocycles. The molecule has 0 aliphatic carbocycles. The highest BCUT2D eigenvalue weighted by Gasteiger charge is 2.36. The van der Waals surface area contributed by atoms with Gasteiger partial charge in [0.05, 0.1) is 11.9 Å². The Bertz CT molecular complexity index is 769. The van der Waals surface area contributed by atoms with Gasteiger partial charge in [0.15, 0.2) is 5.82 Å². The maximum absolute atomic E-state index is 4.57. The molecule has 1 aromatic carbocycles. The van der Waals surface area contributed by atoms with E-state index in [1.807, 2.05) is 12.3 Å². The van der Waals surface area contributed by atoms with Gasteiger partial charge in [0, 0.05) is 23.6 Å². The van der Waals surface area contributed by atoms with Crippen molar-refractivity contribution in [2.24, 2.45) is 4.99 Å². The Labute approximate surface area is 143 Å². The van der Waals surface area contributed by atoms with Gasteiger partial charge in [0.2, 0.25) is 0 Å². The normalized spacial score (nSPS) is 25.2. The lowest BCUT2D eigenvalue weighted by molar-refractivity contribution is 0.283.